The van der Waals surface area contributed by atoms with Crippen molar-refractivity contribution in [3.63, 3.8) is 0 Å². The van der Waals surface area contributed by atoms with Crippen LogP contribution in [0.25, 0.3) is 22.2 Å². The number of rotatable bonds is 13. The smallest absolute Gasteiger partial charge is 0.224 e. The number of ether oxygens (including phenoxy) is 1. The number of pyridine rings is 1. The van der Waals surface area contributed by atoms with Gasteiger partial charge in [0.15, 0.2) is 5.65 Å². The number of halogens is 1. The first-order valence-corrected chi connectivity index (χ1v) is 20.4. The van der Waals surface area contributed by atoms with Gasteiger partial charge in [-0.2, -0.15) is 5.10 Å². The van der Waals surface area contributed by atoms with Crippen molar-refractivity contribution in [1.82, 2.24) is 35.6 Å². The fourth-order valence-corrected chi connectivity index (χ4v) is 8.64. The maximum atomic E-state index is 15.2. The Balaban J connectivity index is 1.02. The molecule has 3 aliphatic rings. The number of carbonyl (C=O) groups is 2. The Hall–Kier alpha value is -4.39. The van der Waals surface area contributed by atoms with Crippen LogP contribution in [-0.2, 0) is 46.9 Å². The lowest BCUT2D eigenvalue weighted by molar-refractivity contribution is -0.136. The molecule has 1 aliphatic carbocycles. The number of fused-ring (bicyclic) bond motifs is 1. The van der Waals surface area contributed by atoms with Gasteiger partial charge in [-0.25, -0.2) is 14.1 Å². The number of nitrogens with zero attached hydrogens (tertiary/aromatic N) is 4. The number of carbonyl (C=O) groups excluding carboxylic acids is 2. The average Bonchev–Trinajstić information content (AvgIpc) is 3.63. The Kier molecular flexibility index (Phi) is 12.7. The fourth-order valence-electron chi connectivity index (χ4n) is 8.64. The molecule has 3 fully saturated rings. The van der Waals surface area contributed by atoms with Crippen LogP contribution in [0.1, 0.15) is 81.7 Å². The number of aromatic nitrogens is 3. The van der Waals surface area contributed by atoms with Crippen LogP contribution in [0.5, 0.6) is 0 Å². The van der Waals surface area contributed by atoms with E-state index in [0.29, 0.717) is 57.2 Å². The third kappa shape index (κ3) is 9.19. The molecule has 2 saturated heterocycles. The molecule has 0 bridgehead atoms. The number of hydrogen-bond acceptors (Lipinski definition) is 8. The summed E-state index contributed by atoms with van der Waals surface area (Å²) in [4.78, 5) is 35.2. The molecule has 4 heterocycles. The van der Waals surface area contributed by atoms with Crippen LogP contribution in [0, 0.1) is 17.7 Å². The van der Waals surface area contributed by atoms with Gasteiger partial charge in [0, 0.05) is 99.8 Å². The molecule has 2 aromatic carbocycles. The molecular formula is C43H57FN8O3. The lowest BCUT2D eigenvalue weighted by Gasteiger charge is -2.31. The molecule has 2 amide bonds. The minimum atomic E-state index is -0.438. The van der Waals surface area contributed by atoms with E-state index in [1.807, 2.05) is 29.1 Å². The molecule has 2 aromatic heterocycles. The topological polar surface area (TPSA) is 125 Å². The predicted molar refractivity (Wildman–Crippen MR) is 214 cm³/mol. The van der Waals surface area contributed by atoms with Crippen LogP contribution in [0.15, 0.2) is 48.7 Å². The molecule has 11 nitrogen and oxygen atoms in total. The number of piperazine rings is 1. The molecule has 1 saturated carbocycles. The van der Waals surface area contributed by atoms with Crippen molar-refractivity contribution in [2.45, 2.75) is 104 Å². The summed E-state index contributed by atoms with van der Waals surface area (Å²) in [5.74, 6) is -1.41. The number of aryl methyl sites for hydroxylation is 2. The van der Waals surface area contributed by atoms with E-state index in [9.17, 15) is 9.59 Å². The molecule has 294 valence electrons. The van der Waals surface area contributed by atoms with Crippen LogP contribution in [-0.4, -0.2) is 76.4 Å². The Morgan fingerprint density at radius 2 is 1.73 bits per heavy atom. The highest BCUT2D eigenvalue weighted by atomic mass is 19.1. The van der Waals surface area contributed by atoms with Gasteiger partial charge in [-0.3, -0.25) is 14.5 Å². The standard InChI is InChI=1S/C43H57FN8O3/c1-4-39-36(40(49-32-15-19-55-20-16-32)37-25-48-52(5-2)41(37)50-39)24-47-43(54)34-12-7-6-11-33(34)42(53)46-23-29-13-14-38(44)35(22-29)31-10-8-9-30(21-31)27-51-18-17-45-28(3)26-51/h8-10,13-14,21-22,25,28,32-34,45H,4-7,11-12,15-20,23-24,26-27H2,1-3H3,(H,46,53)(H,47,54)(H,49,50)/t28-,33?,34?/m0/s1. The van der Waals surface area contributed by atoms with Gasteiger partial charge in [0.1, 0.15) is 5.82 Å². The maximum absolute atomic E-state index is 15.2. The Morgan fingerprint density at radius 3 is 2.45 bits per heavy atom. The van der Waals surface area contributed by atoms with Gasteiger partial charge >= 0.3 is 0 Å². The van der Waals surface area contributed by atoms with Crippen molar-refractivity contribution >= 4 is 28.5 Å². The summed E-state index contributed by atoms with van der Waals surface area (Å²) in [6, 6.07) is 13.8. The summed E-state index contributed by atoms with van der Waals surface area (Å²) in [7, 11) is 0. The number of anilines is 1. The quantitative estimate of drug-likeness (QED) is 0.132. The van der Waals surface area contributed by atoms with E-state index in [1.54, 1.807) is 6.07 Å². The van der Waals surface area contributed by atoms with Gasteiger partial charge in [-0.05, 0) is 80.8 Å². The fraction of sp³-hybridized carbons (Fsp3) is 0.535. The van der Waals surface area contributed by atoms with Crippen molar-refractivity contribution in [2.24, 2.45) is 11.8 Å². The van der Waals surface area contributed by atoms with Gasteiger partial charge in [0.05, 0.1) is 17.3 Å². The molecule has 55 heavy (non-hydrogen) atoms. The third-order valence-electron chi connectivity index (χ3n) is 11.6. The van der Waals surface area contributed by atoms with E-state index in [4.69, 9.17) is 9.72 Å². The Bertz CT molecular complexity index is 1960. The first-order chi connectivity index (χ1) is 26.8. The van der Waals surface area contributed by atoms with Crippen LogP contribution >= 0.6 is 0 Å². The van der Waals surface area contributed by atoms with Crippen LogP contribution in [0.4, 0.5) is 10.1 Å². The highest BCUT2D eigenvalue weighted by Gasteiger charge is 2.36. The van der Waals surface area contributed by atoms with E-state index in [0.717, 1.165) is 96.5 Å². The molecule has 2 aliphatic heterocycles. The van der Waals surface area contributed by atoms with Gasteiger partial charge in [0.2, 0.25) is 11.8 Å². The highest BCUT2D eigenvalue weighted by Crippen LogP contribution is 2.34. The van der Waals surface area contributed by atoms with Gasteiger partial charge in [-0.15, -0.1) is 0 Å². The number of nitrogens with one attached hydrogen (secondary N) is 4. The zero-order chi connectivity index (χ0) is 38.3. The van der Waals surface area contributed by atoms with E-state index < -0.39 is 11.8 Å². The van der Waals surface area contributed by atoms with Crippen LogP contribution in [0.3, 0.4) is 0 Å². The zero-order valence-electron chi connectivity index (χ0n) is 32.6. The normalized spacial score (nSPS) is 21.1. The second-order valence-electron chi connectivity index (χ2n) is 15.5. The third-order valence-corrected chi connectivity index (χ3v) is 11.6. The molecule has 0 spiro atoms. The Morgan fingerprint density at radius 1 is 0.964 bits per heavy atom. The monoisotopic (exact) mass is 752 g/mol. The lowest BCUT2D eigenvalue weighted by Crippen LogP contribution is -2.48. The second kappa shape index (κ2) is 18.0. The lowest BCUT2D eigenvalue weighted by atomic mass is 9.78. The first kappa shape index (κ1) is 38.9. The first-order valence-electron chi connectivity index (χ1n) is 20.4. The predicted octanol–water partition coefficient (Wildman–Crippen LogP) is 5.94. The average molecular weight is 753 g/mol. The summed E-state index contributed by atoms with van der Waals surface area (Å²) in [5.41, 5.74) is 7.02. The minimum Gasteiger partial charge on any atom is -0.381 e. The molecular weight excluding hydrogens is 696 g/mol. The summed E-state index contributed by atoms with van der Waals surface area (Å²) < 4.78 is 22.8. The molecule has 4 aromatic rings. The van der Waals surface area contributed by atoms with Gasteiger partial charge in [-0.1, -0.05) is 44.0 Å². The molecule has 4 N–H and O–H groups in total. The van der Waals surface area contributed by atoms with Crippen molar-refractivity contribution in [2.75, 3.05) is 38.2 Å². The van der Waals surface area contributed by atoms with Crippen molar-refractivity contribution in [3.8, 4) is 11.1 Å². The van der Waals surface area contributed by atoms with E-state index in [2.05, 4.69) is 64.2 Å². The minimum absolute atomic E-state index is 0.109. The molecule has 7 rings (SSSR count). The number of benzene rings is 2. The van der Waals surface area contributed by atoms with Gasteiger partial charge < -0.3 is 26.0 Å². The molecule has 0 radical (unpaired) electrons. The highest BCUT2D eigenvalue weighted by molar-refractivity contribution is 5.92. The number of amides is 2. The van der Waals surface area contributed by atoms with Gasteiger partial charge in [0.25, 0.3) is 0 Å². The maximum Gasteiger partial charge on any atom is 0.224 e. The van der Waals surface area contributed by atoms with Crippen LogP contribution in [0.2, 0.25) is 0 Å². The zero-order valence-corrected chi connectivity index (χ0v) is 32.6. The molecule has 3 atom stereocenters. The van der Waals surface area contributed by atoms with Crippen molar-refractivity contribution in [3.05, 3.63) is 76.9 Å². The molecule has 2 unspecified atom stereocenters. The van der Waals surface area contributed by atoms with E-state index in [1.165, 1.54) is 6.07 Å². The summed E-state index contributed by atoms with van der Waals surface area (Å²) in [6.45, 7) is 12.8. The summed E-state index contributed by atoms with van der Waals surface area (Å²) in [6.07, 6.45) is 7.49. The SMILES string of the molecule is CCc1nc2c(cnn2CC)c(NC2CCOCC2)c1CNC(=O)C1CCCCC1C(=O)NCc1ccc(F)c(-c2cccc(CN3CCN[C@@H](C)C3)c2)c1. The van der Waals surface area contributed by atoms with Crippen molar-refractivity contribution in [1.29, 1.82) is 0 Å². The second-order valence-corrected chi connectivity index (χ2v) is 15.5. The number of hydrogen-bond donors (Lipinski definition) is 4. The van der Waals surface area contributed by atoms with Crippen LogP contribution < -0.4 is 21.3 Å². The molecule has 12 heteroatoms. The van der Waals surface area contributed by atoms with E-state index >= 15 is 4.39 Å². The van der Waals surface area contributed by atoms with Crippen molar-refractivity contribution < 1.29 is 18.7 Å². The Labute approximate surface area is 324 Å². The summed E-state index contributed by atoms with van der Waals surface area (Å²) in [5, 5.41) is 19.2. The summed E-state index contributed by atoms with van der Waals surface area (Å²) >= 11 is 0. The van der Waals surface area contributed by atoms with E-state index in [-0.39, 0.29) is 30.2 Å². The largest absolute Gasteiger partial charge is 0.381 e.